The van der Waals surface area contributed by atoms with Crippen LogP contribution in [0.3, 0.4) is 0 Å². The fourth-order valence-electron chi connectivity index (χ4n) is 2.89. The number of nitrogens with one attached hydrogen (secondary N) is 1. The minimum absolute atomic E-state index is 0.319. The monoisotopic (exact) mass is 275 g/mol. The van der Waals surface area contributed by atoms with Gasteiger partial charge < -0.3 is 10.1 Å². The molecule has 1 heterocycles. The second-order valence-electron chi connectivity index (χ2n) is 7.41. The Bertz CT molecular complexity index is 433. The van der Waals surface area contributed by atoms with E-state index in [1.807, 2.05) is 0 Å². The molecule has 0 aliphatic carbocycles. The predicted molar refractivity (Wildman–Crippen MR) is 85.4 cm³/mol. The highest BCUT2D eigenvalue weighted by Gasteiger charge is 2.31. The molecule has 0 saturated heterocycles. The number of fused-ring (bicyclic) bond motifs is 1. The molecule has 1 aromatic rings. The second-order valence-corrected chi connectivity index (χ2v) is 7.41. The van der Waals surface area contributed by atoms with E-state index >= 15 is 0 Å². The second kappa shape index (κ2) is 6.17. The summed E-state index contributed by atoms with van der Waals surface area (Å²) in [6.07, 6.45) is 1.19. The minimum atomic E-state index is 0.319. The number of rotatable bonds is 5. The third kappa shape index (κ3) is 3.76. The van der Waals surface area contributed by atoms with E-state index in [4.69, 9.17) is 4.74 Å². The van der Waals surface area contributed by atoms with Gasteiger partial charge in [-0.1, -0.05) is 52.8 Å². The van der Waals surface area contributed by atoms with Crippen LogP contribution in [0.2, 0.25) is 0 Å². The van der Waals surface area contributed by atoms with Crippen LogP contribution >= 0.6 is 0 Å². The van der Waals surface area contributed by atoms with Gasteiger partial charge in [0.1, 0.15) is 5.75 Å². The molecule has 112 valence electrons. The molecule has 0 fully saturated rings. The summed E-state index contributed by atoms with van der Waals surface area (Å²) in [6.45, 7) is 13.4. The Balaban J connectivity index is 2.05. The molecule has 1 N–H and O–H groups in total. The molecule has 0 bridgehead atoms. The van der Waals surface area contributed by atoms with Crippen LogP contribution in [0.25, 0.3) is 0 Å². The zero-order valence-electron chi connectivity index (χ0n) is 13.6. The van der Waals surface area contributed by atoms with Crippen LogP contribution in [0, 0.1) is 11.3 Å². The quantitative estimate of drug-likeness (QED) is 0.869. The van der Waals surface area contributed by atoms with Gasteiger partial charge >= 0.3 is 0 Å². The lowest BCUT2D eigenvalue weighted by Crippen LogP contribution is -2.36. The summed E-state index contributed by atoms with van der Waals surface area (Å²) < 4.78 is 5.83. The average molecular weight is 275 g/mol. The molecule has 2 nitrogen and oxygen atoms in total. The van der Waals surface area contributed by atoms with Crippen molar-refractivity contribution in [2.24, 2.45) is 11.3 Å². The average Bonchev–Trinajstić information content (AvgIpc) is 2.76. The zero-order chi connectivity index (χ0) is 14.8. The first-order valence-electron chi connectivity index (χ1n) is 7.83. The lowest BCUT2D eigenvalue weighted by Gasteiger charge is -2.33. The molecule has 0 saturated carbocycles. The molecule has 2 atom stereocenters. The van der Waals surface area contributed by atoms with E-state index in [0.29, 0.717) is 23.3 Å². The first-order valence-corrected chi connectivity index (χ1v) is 7.83. The molecule has 0 radical (unpaired) electrons. The van der Waals surface area contributed by atoms with Gasteiger partial charge in [0.05, 0.1) is 6.61 Å². The Hall–Kier alpha value is -1.02. The zero-order valence-corrected chi connectivity index (χ0v) is 13.6. The lowest BCUT2D eigenvalue weighted by molar-refractivity contribution is 0.192. The van der Waals surface area contributed by atoms with E-state index in [1.165, 1.54) is 12.0 Å². The number of hydrogen-bond donors (Lipinski definition) is 1. The van der Waals surface area contributed by atoms with Crippen LogP contribution in [-0.4, -0.2) is 19.2 Å². The van der Waals surface area contributed by atoms with E-state index in [2.05, 4.69) is 64.2 Å². The molecular weight excluding hydrogens is 246 g/mol. The molecule has 0 aromatic heterocycles. The van der Waals surface area contributed by atoms with Crippen molar-refractivity contribution in [2.75, 3.05) is 13.2 Å². The third-order valence-electron chi connectivity index (χ3n) is 4.37. The van der Waals surface area contributed by atoms with Gasteiger partial charge in [0.2, 0.25) is 0 Å². The van der Waals surface area contributed by atoms with Crippen LogP contribution in [-0.2, 0) is 0 Å². The van der Waals surface area contributed by atoms with Gasteiger partial charge in [-0.25, -0.2) is 0 Å². The maximum absolute atomic E-state index is 5.83. The van der Waals surface area contributed by atoms with Crippen molar-refractivity contribution in [1.82, 2.24) is 5.32 Å². The summed E-state index contributed by atoms with van der Waals surface area (Å²) in [6, 6.07) is 9.05. The van der Waals surface area contributed by atoms with E-state index in [1.54, 1.807) is 0 Å². The summed E-state index contributed by atoms with van der Waals surface area (Å²) >= 11 is 0. The number of hydrogen-bond acceptors (Lipinski definition) is 2. The van der Waals surface area contributed by atoms with Gasteiger partial charge in [-0.05, 0) is 30.4 Å². The smallest absolute Gasteiger partial charge is 0.122 e. The molecular formula is C18H29NO. The Morgan fingerprint density at radius 2 is 1.95 bits per heavy atom. The highest BCUT2D eigenvalue weighted by atomic mass is 16.5. The first-order chi connectivity index (χ1) is 9.38. The van der Waals surface area contributed by atoms with Gasteiger partial charge in [0.15, 0.2) is 0 Å². The lowest BCUT2D eigenvalue weighted by atomic mass is 9.74. The molecule has 1 aliphatic heterocycles. The summed E-state index contributed by atoms with van der Waals surface area (Å²) in [5.41, 5.74) is 1.71. The molecule has 20 heavy (non-hydrogen) atoms. The highest BCUT2D eigenvalue weighted by Crippen LogP contribution is 2.41. The first kappa shape index (κ1) is 15.4. The van der Waals surface area contributed by atoms with Gasteiger partial charge in [-0.2, -0.15) is 0 Å². The standard InChI is InChI=1S/C18H29NO/c1-13(2)19-11-15(18(3,4)5)10-14-12-20-17-9-7-6-8-16(14)17/h6-9,13-15,19H,10-12H2,1-5H3. The Morgan fingerprint density at radius 3 is 2.60 bits per heavy atom. The van der Waals surface area contributed by atoms with Crippen molar-refractivity contribution >= 4 is 0 Å². The summed E-state index contributed by atoms with van der Waals surface area (Å²) in [5.74, 6) is 2.29. The van der Waals surface area contributed by atoms with Gasteiger partial charge in [0, 0.05) is 17.5 Å². The Morgan fingerprint density at radius 1 is 1.25 bits per heavy atom. The van der Waals surface area contributed by atoms with Gasteiger partial charge in [-0.3, -0.25) is 0 Å². The fraction of sp³-hybridized carbons (Fsp3) is 0.667. The van der Waals surface area contributed by atoms with E-state index in [9.17, 15) is 0 Å². The van der Waals surface area contributed by atoms with Crippen molar-refractivity contribution in [1.29, 1.82) is 0 Å². The van der Waals surface area contributed by atoms with E-state index in [0.717, 1.165) is 18.9 Å². The van der Waals surface area contributed by atoms with Crippen LogP contribution in [0.5, 0.6) is 5.75 Å². The van der Waals surface area contributed by atoms with Gasteiger partial charge in [-0.15, -0.1) is 0 Å². The van der Waals surface area contributed by atoms with Crippen molar-refractivity contribution < 1.29 is 4.74 Å². The largest absolute Gasteiger partial charge is 0.493 e. The van der Waals surface area contributed by atoms with Crippen LogP contribution in [0.1, 0.15) is 52.5 Å². The molecule has 0 spiro atoms. The molecule has 2 rings (SSSR count). The van der Waals surface area contributed by atoms with Gasteiger partial charge in [0.25, 0.3) is 0 Å². The normalized spacial score (nSPS) is 19.8. The molecule has 0 amide bonds. The molecule has 2 heteroatoms. The number of benzene rings is 1. The SMILES string of the molecule is CC(C)NCC(CC1COc2ccccc21)C(C)(C)C. The molecule has 2 unspecified atom stereocenters. The van der Waals surface area contributed by atoms with Crippen molar-refractivity contribution in [2.45, 2.75) is 53.0 Å². The van der Waals surface area contributed by atoms with Crippen LogP contribution in [0.4, 0.5) is 0 Å². The number of para-hydroxylation sites is 1. The van der Waals surface area contributed by atoms with Crippen molar-refractivity contribution in [3.05, 3.63) is 29.8 Å². The fourth-order valence-corrected chi connectivity index (χ4v) is 2.89. The Labute approximate surface area is 123 Å². The van der Waals surface area contributed by atoms with Crippen molar-refractivity contribution in [3.63, 3.8) is 0 Å². The topological polar surface area (TPSA) is 21.3 Å². The third-order valence-corrected chi connectivity index (χ3v) is 4.37. The van der Waals surface area contributed by atoms with Crippen LogP contribution < -0.4 is 10.1 Å². The molecule has 1 aromatic carbocycles. The maximum Gasteiger partial charge on any atom is 0.122 e. The van der Waals surface area contributed by atoms with Crippen LogP contribution in [0.15, 0.2) is 24.3 Å². The molecule has 1 aliphatic rings. The van der Waals surface area contributed by atoms with Crippen molar-refractivity contribution in [3.8, 4) is 5.75 Å². The van der Waals surface area contributed by atoms with E-state index in [-0.39, 0.29) is 0 Å². The summed E-state index contributed by atoms with van der Waals surface area (Å²) in [5, 5.41) is 3.61. The number of ether oxygens (including phenoxy) is 1. The summed E-state index contributed by atoms with van der Waals surface area (Å²) in [7, 11) is 0. The summed E-state index contributed by atoms with van der Waals surface area (Å²) in [4.78, 5) is 0. The maximum atomic E-state index is 5.83. The minimum Gasteiger partial charge on any atom is -0.493 e. The highest BCUT2D eigenvalue weighted by molar-refractivity contribution is 5.39. The Kier molecular flexibility index (Phi) is 4.74. The predicted octanol–water partition coefficient (Wildman–Crippen LogP) is 4.21. The van der Waals surface area contributed by atoms with E-state index < -0.39 is 0 Å².